The molecule has 7 aromatic rings. The largest absolute Gasteiger partial charge is 1.00 e. The summed E-state index contributed by atoms with van der Waals surface area (Å²) in [6, 6.07) is 34.6. The molecule has 6 heteroatoms. The fraction of sp³-hybridized carbons (Fsp3) is 0.122. The summed E-state index contributed by atoms with van der Waals surface area (Å²) < 4.78 is 4.44. The van der Waals surface area contributed by atoms with Crippen LogP contribution in [0.1, 0.15) is 34.6 Å². The summed E-state index contributed by atoms with van der Waals surface area (Å²) in [5.41, 5.74) is 10.3. The van der Waals surface area contributed by atoms with Gasteiger partial charge in [0.05, 0.1) is 0 Å². The molecule has 4 nitrogen and oxygen atoms in total. The Balaban J connectivity index is 0.000000157. The smallest absolute Gasteiger partial charge is 0.366 e. The Labute approximate surface area is 308 Å². The van der Waals surface area contributed by atoms with Gasteiger partial charge in [-0.05, 0) is 53.8 Å². The van der Waals surface area contributed by atoms with Crippen molar-refractivity contribution < 1.29 is 44.8 Å². The number of allylic oxidation sites excluding steroid dienone is 1. The van der Waals surface area contributed by atoms with Crippen LogP contribution in [0.25, 0.3) is 38.8 Å². The second-order valence-electron chi connectivity index (χ2n) is 11.0. The first kappa shape index (κ1) is 35.5. The maximum atomic E-state index is 7.23. The Morgan fingerprint density at radius 2 is 1.19 bits per heavy atom. The quantitative estimate of drug-likeness (QED) is 0.0992. The van der Waals surface area contributed by atoms with Crippen LogP contribution in [0.2, 0.25) is 0 Å². The van der Waals surface area contributed by atoms with Crippen molar-refractivity contribution in [3.8, 4) is 11.8 Å². The topological polar surface area (TPSA) is 35.6 Å². The van der Waals surface area contributed by atoms with E-state index in [0.29, 0.717) is 0 Å². The number of hydrogen-bond acceptors (Lipinski definition) is 2. The molecule has 0 unspecified atom stereocenters. The summed E-state index contributed by atoms with van der Waals surface area (Å²) in [5, 5.41) is 3.71. The number of aryl methyl sites for hydroxylation is 2. The van der Waals surface area contributed by atoms with Gasteiger partial charge < -0.3 is 22.0 Å². The van der Waals surface area contributed by atoms with Gasteiger partial charge in [0, 0.05) is 77.3 Å². The predicted molar refractivity (Wildman–Crippen MR) is 184 cm³/mol. The van der Waals surface area contributed by atoms with Crippen LogP contribution < -0.4 is 0 Å². The van der Waals surface area contributed by atoms with Crippen molar-refractivity contribution in [1.29, 1.82) is 0 Å². The Morgan fingerprint density at radius 3 is 1.79 bits per heavy atom. The van der Waals surface area contributed by atoms with Crippen LogP contribution in [0.5, 0.6) is 0 Å². The third-order valence-corrected chi connectivity index (χ3v) is 8.25. The molecular formula is C41H32Au2N4. The monoisotopic (exact) mass is 974 g/mol. The number of fused-ring (bicyclic) bond motifs is 6. The third kappa shape index (κ3) is 7.79. The van der Waals surface area contributed by atoms with E-state index < -0.39 is 0 Å². The second kappa shape index (κ2) is 16.5. The van der Waals surface area contributed by atoms with Gasteiger partial charge in [0.2, 0.25) is 0 Å². The fourth-order valence-corrected chi connectivity index (χ4v) is 5.97. The number of rotatable bonds is 2. The molecule has 3 aromatic carbocycles. The zero-order valence-corrected chi connectivity index (χ0v) is 30.4. The van der Waals surface area contributed by atoms with E-state index in [9.17, 15) is 0 Å². The van der Waals surface area contributed by atoms with Gasteiger partial charge in [-0.25, -0.2) is 0 Å². The summed E-state index contributed by atoms with van der Waals surface area (Å²) in [7, 11) is 4.19. The maximum absolute atomic E-state index is 7.23. The first-order chi connectivity index (χ1) is 22.1. The molecule has 0 aliphatic heterocycles. The second-order valence-corrected chi connectivity index (χ2v) is 11.0. The Morgan fingerprint density at radius 1 is 0.617 bits per heavy atom. The molecule has 0 N–H and O–H groups in total. The molecule has 8 rings (SSSR count). The van der Waals surface area contributed by atoms with Gasteiger partial charge >= 0.3 is 44.8 Å². The van der Waals surface area contributed by atoms with Gasteiger partial charge in [-0.3, -0.25) is 21.8 Å². The summed E-state index contributed by atoms with van der Waals surface area (Å²) in [5.74, 6) is 4.95. The molecule has 0 saturated heterocycles. The molecule has 1 aliphatic rings. The van der Waals surface area contributed by atoms with E-state index in [4.69, 9.17) is 12.8 Å². The van der Waals surface area contributed by atoms with Gasteiger partial charge in [0.15, 0.2) is 0 Å². The fourth-order valence-electron chi connectivity index (χ4n) is 5.97. The number of pyridine rings is 2. The van der Waals surface area contributed by atoms with E-state index in [1.54, 1.807) is 12.4 Å². The van der Waals surface area contributed by atoms with E-state index in [2.05, 4.69) is 87.5 Å². The molecule has 238 valence electrons. The Bertz CT molecular complexity index is 2190. The molecule has 0 bridgehead atoms. The molecule has 0 radical (unpaired) electrons. The van der Waals surface area contributed by atoms with Gasteiger partial charge in [-0.2, -0.15) is 0 Å². The normalized spacial score (nSPS) is 11.3. The molecule has 4 heterocycles. The van der Waals surface area contributed by atoms with Gasteiger partial charge in [-0.15, -0.1) is 29.3 Å². The first-order valence-electron chi connectivity index (χ1n) is 15.0. The van der Waals surface area contributed by atoms with Crippen LogP contribution in [0.4, 0.5) is 0 Å². The minimum atomic E-state index is 0. The van der Waals surface area contributed by atoms with Crippen LogP contribution >= 0.6 is 0 Å². The molecule has 1 aliphatic carbocycles. The maximum Gasteiger partial charge on any atom is 1.00 e. The zero-order chi connectivity index (χ0) is 31.2. The summed E-state index contributed by atoms with van der Waals surface area (Å²) in [6.07, 6.45) is 22.9. The minimum absolute atomic E-state index is 0. The van der Waals surface area contributed by atoms with Crippen molar-refractivity contribution in [3.63, 3.8) is 0 Å². The summed E-state index contributed by atoms with van der Waals surface area (Å²) >= 11 is 0. The Kier molecular flexibility index (Phi) is 12.4. The van der Waals surface area contributed by atoms with E-state index in [0.717, 1.165) is 41.8 Å². The Hall–Kier alpha value is -4.36. The molecule has 0 amide bonds. The van der Waals surface area contributed by atoms with Crippen LogP contribution in [0, 0.1) is 24.7 Å². The van der Waals surface area contributed by atoms with E-state index in [1.807, 2.05) is 66.7 Å². The molecule has 4 aromatic heterocycles. The van der Waals surface area contributed by atoms with Crippen LogP contribution in [-0.4, -0.2) is 19.1 Å². The van der Waals surface area contributed by atoms with Crippen LogP contribution in [0.3, 0.4) is 0 Å². The minimum Gasteiger partial charge on any atom is -0.366 e. The average Bonchev–Trinajstić information content (AvgIpc) is 3.56. The zero-order valence-electron chi connectivity index (χ0n) is 26.1. The molecule has 0 fully saturated rings. The van der Waals surface area contributed by atoms with Crippen molar-refractivity contribution in [1.82, 2.24) is 19.1 Å². The third-order valence-electron chi connectivity index (χ3n) is 8.25. The van der Waals surface area contributed by atoms with Crippen molar-refractivity contribution in [2.75, 3.05) is 0 Å². The van der Waals surface area contributed by atoms with E-state index in [1.165, 1.54) is 44.0 Å². The van der Waals surface area contributed by atoms with E-state index in [-0.39, 0.29) is 44.8 Å². The van der Waals surface area contributed by atoms with Gasteiger partial charge in [0.1, 0.15) is 0 Å². The molecular weight excluding hydrogens is 942 g/mol. The van der Waals surface area contributed by atoms with Gasteiger partial charge in [-0.1, -0.05) is 61.0 Å². The standard InChI is InChI=1S/C15H12N.C15H10N.C11H10N2.2Au/c2*1-3-11-8-9-15-13(10-11)12-6-4-5-7-14(12)16(15)2;1-3-7-12-10(5-1)9-11-6-2-4-8-13-11;;/h4-7,10H,8-9H2,2H3;4-10H,2H3;1-8H,9H2;;/q2*-1;;2*+1. The van der Waals surface area contributed by atoms with Crippen LogP contribution in [-0.2, 0) is 71.7 Å². The average molecular weight is 975 g/mol. The van der Waals surface area contributed by atoms with Crippen LogP contribution in [0.15, 0.2) is 121 Å². The molecule has 0 saturated carbocycles. The number of hydrogen-bond donors (Lipinski definition) is 0. The summed E-state index contributed by atoms with van der Waals surface area (Å²) in [6.45, 7) is 0. The number of aromatic nitrogens is 4. The summed E-state index contributed by atoms with van der Waals surface area (Å²) in [4.78, 5) is 8.47. The van der Waals surface area contributed by atoms with Crippen molar-refractivity contribution in [2.45, 2.75) is 19.3 Å². The predicted octanol–water partition coefficient (Wildman–Crippen LogP) is 8.43. The molecule has 47 heavy (non-hydrogen) atoms. The van der Waals surface area contributed by atoms with Crippen molar-refractivity contribution >= 4 is 38.8 Å². The molecule has 0 atom stereocenters. The van der Waals surface area contributed by atoms with Crippen molar-refractivity contribution in [3.05, 3.63) is 162 Å². The van der Waals surface area contributed by atoms with Gasteiger partial charge in [0.25, 0.3) is 0 Å². The number of nitrogens with zero attached hydrogens (tertiary/aromatic N) is 4. The first-order valence-corrected chi connectivity index (χ1v) is 15.0. The SMILES string of the molecule is [Au+].[Au+].[C-]#CC1=Cc2c(n(C)c3ccccc23)CC1.[C-]#Cc1ccc2c(c1)c1ccccc1n2C.c1ccc(Cc2ccccn2)nc1. The van der Waals surface area contributed by atoms with E-state index >= 15 is 0 Å². The number of benzene rings is 3. The van der Waals surface area contributed by atoms with Crippen molar-refractivity contribution in [2.24, 2.45) is 14.1 Å². The number of para-hydroxylation sites is 2. The molecule has 0 spiro atoms.